The third-order valence-corrected chi connectivity index (χ3v) is 8.63. The summed E-state index contributed by atoms with van der Waals surface area (Å²) in [7, 11) is -0.168. The maximum absolute atomic E-state index is 12.8. The summed E-state index contributed by atoms with van der Waals surface area (Å²) in [4.78, 5) is 17.8. The van der Waals surface area contributed by atoms with Crippen molar-refractivity contribution in [2.75, 3.05) is 7.05 Å². The molecule has 0 atom stereocenters. The molecule has 0 unspecified atom stereocenters. The van der Waals surface area contributed by atoms with Gasteiger partial charge in [-0.05, 0) is 49.6 Å². The van der Waals surface area contributed by atoms with E-state index in [0.29, 0.717) is 10.4 Å². The summed E-state index contributed by atoms with van der Waals surface area (Å²) in [6.45, 7) is 3.62. The average molecular weight is 454 g/mol. The van der Waals surface area contributed by atoms with Crippen LogP contribution in [0.1, 0.15) is 24.2 Å². The lowest BCUT2D eigenvalue weighted by molar-refractivity contribution is 0.0998. The van der Waals surface area contributed by atoms with Crippen LogP contribution in [0.4, 0.5) is 0 Å². The van der Waals surface area contributed by atoms with Crippen molar-refractivity contribution in [2.24, 2.45) is 12.0 Å². The molecule has 4 rings (SSSR count). The molecule has 3 aromatic carbocycles. The molecule has 0 fully saturated rings. The van der Waals surface area contributed by atoms with Crippen LogP contribution in [-0.2, 0) is 17.1 Å². The number of aryl methyl sites for hydroxylation is 1. The van der Waals surface area contributed by atoms with Crippen LogP contribution >= 0.6 is 11.3 Å². The molecule has 0 aliphatic heterocycles. The van der Waals surface area contributed by atoms with Crippen LogP contribution in [0.25, 0.3) is 21.0 Å². The van der Waals surface area contributed by atoms with E-state index in [4.69, 9.17) is 0 Å². The molecule has 1 amide bonds. The van der Waals surface area contributed by atoms with E-state index < -0.39 is 15.9 Å². The largest absolute Gasteiger partial charge is 0.319 e. The second kappa shape index (κ2) is 8.03. The Balaban J connectivity index is 1.72. The number of carbonyl (C=O) groups excluding carboxylic acids is 1. The van der Waals surface area contributed by atoms with Gasteiger partial charge in [-0.25, -0.2) is 8.42 Å². The van der Waals surface area contributed by atoms with Crippen LogP contribution in [0, 0.1) is 0 Å². The molecule has 8 heteroatoms. The smallest absolute Gasteiger partial charge is 0.279 e. The lowest BCUT2D eigenvalue weighted by Gasteiger charge is -2.20. The number of thiazole rings is 1. The molecule has 0 bridgehead atoms. The monoisotopic (exact) mass is 453 g/mol. The molecule has 4 aromatic rings. The Hall–Kier alpha value is -2.81. The van der Waals surface area contributed by atoms with Crippen molar-refractivity contribution < 1.29 is 13.2 Å². The van der Waals surface area contributed by atoms with Gasteiger partial charge in [0.05, 0.1) is 15.1 Å². The first-order valence-corrected chi connectivity index (χ1v) is 12.1. The van der Waals surface area contributed by atoms with Gasteiger partial charge in [-0.1, -0.05) is 41.7 Å². The zero-order chi connectivity index (χ0) is 22.3. The Morgan fingerprint density at radius 2 is 1.71 bits per heavy atom. The van der Waals surface area contributed by atoms with Gasteiger partial charge in [0.1, 0.15) is 0 Å². The normalized spacial score (nSPS) is 13.0. The lowest BCUT2D eigenvalue weighted by atomic mass is 10.1. The van der Waals surface area contributed by atoms with E-state index in [2.05, 4.69) is 23.2 Å². The van der Waals surface area contributed by atoms with E-state index >= 15 is 0 Å². The van der Waals surface area contributed by atoms with Crippen molar-refractivity contribution >= 4 is 48.3 Å². The Morgan fingerprint density at radius 1 is 1.03 bits per heavy atom. The minimum absolute atomic E-state index is 0.152. The molecule has 1 aromatic heterocycles. The topological polar surface area (TPSA) is 71.7 Å². The van der Waals surface area contributed by atoms with Gasteiger partial charge in [-0.15, -0.1) is 0 Å². The Labute approximate surface area is 185 Å². The third-order valence-electron chi connectivity index (χ3n) is 5.40. The van der Waals surface area contributed by atoms with Crippen molar-refractivity contribution in [3.63, 3.8) is 0 Å². The molecule has 6 nitrogen and oxygen atoms in total. The molecule has 0 saturated heterocycles. The fraction of sp³-hybridized carbons (Fsp3) is 0.217. The molecule has 0 aliphatic carbocycles. The summed E-state index contributed by atoms with van der Waals surface area (Å²) in [6, 6.07) is 18.0. The van der Waals surface area contributed by atoms with Crippen LogP contribution < -0.4 is 4.80 Å². The summed E-state index contributed by atoms with van der Waals surface area (Å²) < 4.78 is 29.5. The number of aromatic nitrogens is 1. The molecular weight excluding hydrogens is 430 g/mol. The summed E-state index contributed by atoms with van der Waals surface area (Å²) >= 11 is 1.46. The minimum Gasteiger partial charge on any atom is -0.319 e. The SMILES string of the molecule is CC(C)N(C)S(=O)(=O)c1ccc(C(=O)N=c2sc3c4ccccc4ccc3n2C)cc1. The van der Waals surface area contributed by atoms with Crippen LogP contribution in [-0.4, -0.2) is 36.3 Å². The summed E-state index contributed by atoms with van der Waals surface area (Å²) in [5.74, 6) is -0.410. The first-order chi connectivity index (χ1) is 14.7. The standard InChI is InChI=1S/C23H23N3O3S2/c1-15(2)26(4)31(28,29)18-12-9-17(10-13-18)22(27)24-23-25(3)20-14-11-16-7-5-6-8-19(16)21(20)30-23/h5-15H,1-4H3. The molecule has 0 radical (unpaired) electrons. The highest BCUT2D eigenvalue weighted by Crippen LogP contribution is 2.27. The number of benzene rings is 3. The van der Waals surface area contributed by atoms with Crippen molar-refractivity contribution in [1.29, 1.82) is 0 Å². The van der Waals surface area contributed by atoms with E-state index in [0.717, 1.165) is 21.0 Å². The van der Waals surface area contributed by atoms with E-state index in [1.165, 1.54) is 39.9 Å². The second-order valence-corrected chi connectivity index (χ2v) is 10.6. The molecular formula is C23H23N3O3S2. The van der Waals surface area contributed by atoms with Gasteiger partial charge in [0, 0.05) is 31.1 Å². The number of amides is 1. The molecule has 160 valence electrons. The van der Waals surface area contributed by atoms with Crippen LogP contribution in [0.3, 0.4) is 0 Å². The first kappa shape index (κ1) is 21.4. The minimum atomic E-state index is -3.60. The molecule has 0 saturated carbocycles. The summed E-state index contributed by atoms with van der Waals surface area (Å²) in [5.41, 5.74) is 1.35. The van der Waals surface area contributed by atoms with Gasteiger partial charge in [-0.2, -0.15) is 9.30 Å². The number of fused-ring (bicyclic) bond motifs is 3. The lowest BCUT2D eigenvalue weighted by Crippen LogP contribution is -2.33. The highest BCUT2D eigenvalue weighted by Gasteiger charge is 2.23. The molecule has 0 spiro atoms. The maximum atomic E-state index is 12.8. The molecule has 1 heterocycles. The number of hydrogen-bond donors (Lipinski definition) is 0. The number of rotatable bonds is 4. The van der Waals surface area contributed by atoms with Crippen LogP contribution in [0.5, 0.6) is 0 Å². The number of carbonyl (C=O) groups is 1. The second-order valence-electron chi connectivity index (χ2n) is 7.63. The van der Waals surface area contributed by atoms with Crippen molar-refractivity contribution in [1.82, 2.24) is 8.87 Å². The highest BCUT2D eigenvalue weighted by molar-refractivity contribution is 7.89. The fourth-order valence-corrected chi connectivity index (χ4v) is 5.85. The molecule has 0 N–H and O–H groups in total. The third kappa shape index (κ3) is 3.82. The van der Waals surface area contributed by atoms with Gasteiger partial charge in [0.25, 0.3) is 5.91 Å². The summed E-state index contributed by atoms with van der Waals surface area (Å²) in [5, 5.41) is 2.26. The van der Waals surface area contributed by atoms with E-state index in [-0.39, 0.29) is 10.9 Å². The number of sulfonamides is 1. The van der Waals surface area contributed by atoms with Crippen LogP contribution in [0.15, 0.2) is 70.6 Å². The number of hydrogen-bond acceptors (Lipinski definition) is 4. The van der Waals surface area contributed by atoms with E-state index in [1.807, 2.05) is 43.7 Å². The van der Waals surface area contributed by atoms with Crippen LogP contribution in [0.2, 0.25) is 0 Å². The molecule has 0 aliphatic rings. The zero-order valence-corrected chi connectivity index (χ0v) is 19.4. The fourth-order valence-electron chi connectivity index (χ4n) is 3.33. The van der Waals surface area contributed by atoms with E-state index in [1.54, 1.807) is 7.05 Å². The quantitative estimate of drug-likeness (QED) is 0.466. The maximum Gasteiger partial charge on any atom is 0.279 e. The van der Waals surface area contributed by atoms with Crippen molar-refractivity contribution in [3.05, 3.63) is 71.0 Å². The Bertz CT molecular complexity index is 1460. The highest BCUT2D eigenvalue weighted by atomic mass is 32.2. The van der Waals surface area contributed by atoms with Gasteiger partial charge >= 0.3 is 0 Å². The van der Waals surface area contributed by atoms with Gasteiger partial charge in [0.2, 0.25) is 10.0 Å². The first-order valence-electron chi connectivity index (χ1n) is 9.84. The predicted octanol–water partition coefficient (Wildman–Crippen LogP) is 4.16. The predicted molar refractivity (Wildman–Crippen MR) is 125 cm³/mol. The van der Waals surface area contributed by atoms with Gasteiger partial charge < -0.3 is 4.57 Å². The number of nitrogens with zero attached hydrogens (tertiary/aromatic N) is 3. The molecule has 31 heavy (non-hydrogen) atoms. The zero-order valence-electron chi connectivity index (χ0n) is 17.7. The summed E-state index contributed by atoms with van der Waals surface area (Å²) in [6.07, 6.45) is 0. The van der Waals surface area contributed by atoms with Crippen molar-refractivity contribution in [2.45, 2.75) is 24.8 Å². The Morgan fingerprint density at radius 3 is 2.39 bits per heavy atom. The van der Waals surface area contributed by atoms with Gasteiger partial charge in [-0.3, -0.25) is 4.79 Å². The van der Waals surface area contributed by atoms with Gasteiger partial charge in [0.15, 0.2) is 4.80 Å². The average Bonchev–Trinajstić information content (AvgIpc) is 3.08. The Kier molecular flexibility index (Phi) is 5.55. The van der Waals surface area contributed by atoms with Crippen molar-refractivity contribution in [3.8, 4) is 0 Å². The van der Waals surface area contributed by atoms with E-state index in [9.17, 15) is 13.2 Å².